The van der Waals surface area contributed by atoms with Crippen LogP contribution in [0.15, 0.2) is 24.3 Å². The summed E-state index contributed by atoms with van der Waals surface area (Å²) in [6.45, 7) is 3.01. The van der Waals surface area contributed by atoms with Crippen molar-refractivity contribution in [1.29, 1.82) is 0 Å². The van der Waals surface area contributed by atoms with Gasteiger partial charge in [0.1, 0.15) is 5.75 Å². The van der Waals surface area contributed by atoms with Crippen molar-refractivity contribution in [3.05, 3.63) is 29.8 Å². The summed E-state index contributed by atoms with van der Waals surface area (Å²) >= 11 is 0. The Morgan fingerprint density at radius 3 is 2.33 bits per heavy atom. The second-order valence-electron chi connectivity index (χ2n) is 9.49. The van der Waals surface area contributed by atoms with Gasteiger partial charge in [-0.1, -0.05) is 12.1 Å². The Labute approximate surface area is 180 Å². The van der Waals surface area contributed by atoms with Crippen molar-refractivity contribution in [1.82, 2.24) is 4.90 Å². The van der Waals surface area contributed by atoms with E-state index in [0.717, 1.165) is 24.8 Å². The Balaban J connectivity index is 1.53. The zero-order valence-electron chi connectivity index (χ0n) is 18.0. The van der Waals surface area contributed by atoms with Gasteiger partial charge in [0, 0.05) is 20.2 Å². The lowest BCUT2D eigenvalue weighted by Gasteiger charge is -2.56. The van der Waals surface area contributed by atoms with Gasteiger partial charge in [0.15, 0.2) is 0 Å². The van der Waals surface area contributed by atoms with E-state index in [1.54, 1.807) is 32.2 Å². The maximum atomic E-state index is 13.8. The summed E-state index contributed by atoms with van der Waals surface area (Å²) < 4.78 is 34.1. The molecule has 4 saturated carbocycles. The molecule has 1 aromatic carbocycles. The zero-order chi connectivity index (χ0) is 21.4. The maximum absolute atomic E-state index is 13.8. The van der Waals surface area contributed by atoms with Crippen LogP contribution in [0.2, 0.25) is 0 Å². The molecule has 0 aliphatic heterocycles. The van der Waals surface area contributed by atoms with Gasteiger partial charge in [-0.2, -0.15) is 8.42 Å². The smallest absolute Gasteiger partial charge is 0.308 e. The Kier molecular flexibility index (Phi) is 6.13. The first-order chi connectivity index (χ1) is 14.3. The number of nitrogens with zero attached hydrogens (tertiary/aromatic N) is 1. The SMILES string of the molecule is CCS(=O)(=O)Oc1cccc(CN(CCOC)C(=O)C23CC4CC(CC(C4)C2)C3)c1. The van der Waals surface area contributed by atoms with Crippen LogP contribution in [0.4, 0.5) is 0 Å². The molecule has 7 heteroatoms. The predicted octanol–water partition coefficient (Wildman–Crippen LogP) is 3.61. The summed E-state index contributed by atoms with van der Waals surface area (Å²) in [5.41, 5.74) is 0.662. The molecule has 4 aliphatic rings. The highest BCUT2D eigenvalue weighted by Crippen LogP contribution is 2.60. The van der Waals surface area contributed by atoms with E-state index in [-0.39, 0.29) is 17.1 Å². The van der Waals surface area contributed by atoms with Crippen LogP contribution in [0.1, 0.15) is 51.0 Å². The molecular weight excluding hydrogens is 402 g/mol. The van der Waals surface area contributed by atoms with Crippen LogP contribution in [-0.2, 0) is 26.2 Å². The van der Waals surface area contributed by atoms with Gasteiger partial charge in [-0.25, -0.2) is 0 Å². The number of methoxy groups -OCH3 is 1. The normalized spacial score (nSPS) is 29.7. The van der Waals surface area contributed by atoms with Crippen LogP contribution in [0.25, 0.3) is 0 Å². The molecule has 4 aliphatic carbocycles. The van der Waals surface area contributed by atoms with Crippen LogP contribution in [0, 0.1) is 23.2 Å². The lowest BCUT2D eigenvalue weighted by atomic mass is 9.49. The summed E-state index contributed by atoms with van der Waals surface area (Å²) in [4.78, 5) is 15.7. The minimum Gasteiger partial charge on any atom is -0.383 e. The van der Waals surface area contributed by atoms with E-state index in [9.17, 15) is 13.2 Å². The van der Waals surface area contributed by atoms with Crippen LogP contribution in [-0.4, -0.2) is 45.2 Å². The van der Waals surface area contributed by atoms with E-state index in [1.165, 1.54) is 19.3 Å². The first-order valence-corrected chi connectivity index (χ1v) is 12.7. The molecule has 0 radical (unpaired) electrons. The van der Waals surface area contributed by atoms with Gasteiger partial charge in [0.2, 0.25) is 5.91 Å². The minimum absolute atomic E-state index is 0.0816. The Morgan fingerprint density at radius 2 is 1.77 bits per heavy atom. The molecule has 1 amide bonds. The molecule has 166 valence electrons. The van der Waals surface area contributed by atoms with E-state index in [1.807, 2.05) is 11.0 Å². The zero-order valence-corrected chi connectivity index (χ0v) is 18.8. The number of ether oxygens (including phenoxy) is 1. The van der Waals surface area contributed by atoms with Crippen LogP contribution >= 0.6 is 0 Å². The monoisotopic (exact) mass is 435 g/mol. The average molecular weight is 436 g/mol. The van der Waals surface area contributed by atoms with Crippen LogP contribution < -0.4 is 4.18 Å². The van der Waals surface area contributed by atoms with Crippen molar-refractivity contribution in [3.8, 4) is 5.75 Å². The minimum atomic E-state index is -3.58. The molecule has 0 atom stereocenters. The first kappa shape index (κ1) is 21.6. The largest absolute Gasteiger partial charge is 0.383 e. The van der Waals surface area contributed by atoms with E-state index in [0.29, 0.717) is 43.2 Å². The number of benzene rings is 1. The molecule has 1 aromatic rings. The molecule has 0 saturated heterocycles. The number of hydrogen-bond acceptors (Lipinski definition) is 5. The molecule has 0 spiro atoms. The second-order valence-corrected chi connectivity index (χ2v) is 11.4. The fourth-order valence-corrected chi connectivity index (χ4v) is 6.80. The highest BCUT2D eigenvalue weighted by molar-refractivity contribution is 7.87. The van der Waals surface area contributed by atoms with E-state index >= 15 is 0 Å². The van der Waals surface area contributed by atoms with Gasteiger partial charge in [0.05, 0.1) is 17.8 Å². The summed E-state index contributed by atoms with van der Waals surface area (Å²) in [6.07, 6.45) is 6.99. The first-order valence-electron chi connectivity index (χ1n) is 11.1. The number of rotatable bonds is 9. The van der Waals surface area contributed by atoms with Crippen molar-refractivity contribution in [2.24, 2.45) is 23.2 Å². The topological polar surface area (TPSA) is 72.9 Å². The van der Waals surface area contributed by atoms with Crippen LogP contribution in [0.3, 0.4) is 0 Å². The quantitative estimate of drug-likeness (QED) is 0.554. The van der Waals surface area contributed by atoms with E-state index in [2.05, 4.69) is 0 Å². The predicted molar refractivity (Wildman–Crippen MR) is 114 cm³/mol. The molecule has 0 aromatic heterocycles. The van der Waals surface area contributed by atoms with Crippen molar-refractivity contribution < 1.29 is 22.1 Å². The lowest BCUT2D eigenvalue weighted by Crippen LogP contribution is -2.54. The van der Waals surface area contributed by atoms with Crippen LogP contribution in [0.5, 0.6) is 5.75 Å². The number of hydrogen-bond donors (Lipinski definition) is 0. The third-order valence-corrected chi connectivity index (χ3v) is 8.35. The van der Waals surface area contributed by atoms with Gasteiger partial charge in [-0.15, -0.1) is 0 Å². The van der Waals surface area contributed by atoms with Gasteiger partial charge in [-0.3, -0.25) is 4.79 Å². The second kappa shape index (κ2) is 8.50. The Hall–Kier alpha value is -1.60. The summed E-state index contributed by atoms with van der Waals surface area (Å²) in [5.74, 6) is 2.60. The number of carbonyl (C=O) groups is 1. The van der Waals surface area contributed by atoms with Crippen molar-refractivity contribution >= 4 is 16.0 Å². The van der Waals surface area contributed by atoms with Crippen molar-refractivity contribution in [2.45, 2.75) is 52.0 Å². The van der Waals surface area contributed by atoms with Gasteiger partial charge in [0.25, 0.3) is 0 Å². The summed E-state index contributed by atoms with van der Waals surface area (Å²) in [5, 5.41) is 0. The molecule has 4 fully saturated rings. The van der Waals surface area contributed by atoms with E-state index in [4.69, 9.17) is 8.92 Å². The molecule has 4 bridgehead atoms. The highest BCUT2D eigenvalue weighted by atomic mass is 32.2. The fourth-order valence-electron chi connectivity index (χ4n) is 6.28. The highest BCUT2D eigenvalue weighted by Gasteiger charge is 2.55. The van der Waals surface area contributed by atoms with E-state index < -0.39 is 10.1 Å². The number of carbonyl (C=O) groups excluding carboxylic acids is 1. The molecule has 0 heterocycles. The van der Waals surface area contributed by atoms with Crippen molar-refractivity contribution in [3.63, 3.8) is 0 Å². The Bertz CT molecular complexity index is 846. The van der Waals surface area contributed by atoms with Gasteiger partial charge >= 0.3 is 10.1 Å². The summed E-state index contributed by atoms with van der Waals surface area (Å²) in [6, 6.07) is 7.05. The fraction of sp³-hybridized carbons (Fsp3) is 0.696. The Morgan fingerprint density at radius 1 is 1.13 bits per heavy atom. The maximum Gasteiger partial charge on any atom is 0.308 e. The summed E-state index contributed by atoms with van der Waals surface area (Å²) in [7, 11) is -1.93. The third-order valence-electron chi connectivity index (χ3n) is 7.19. The van der Waals surface area contributed by atoms with Crippen molar-refractivity contribution in [2.75, 3.05) is 26.0 Å². The number of amides is 1. The third kappa shape index (κ3) is 4.52. The molecule has 5 rings (SSSR count). The lowest BCUT2D eigenvalue weighted by molar-refractivity contribution is -0.159. The molecule has 0 N–H and O–H groups in total. The molecule has 6 nitrogen and oxygen atoms in total. The standard InChI is InChI=1S/C23H33NO5S/c1-3-30(26,27)29-21-6-4-5-17(12-21)16-24(7-8-28-2)22(25)23-13-18-9-19(14-23)11-20(10-18)15-23/h4-6,12,18-20H,3,7-11,13-16H2,1-2H3. The molecule has 0 unspecified atom stereocenters. The molecule has 30 heavy (non-hydrogen) atoms. The van der Waals surface area contributed by atoms with Gasteiger partial charge < -0.3 is 13.8 Å². The van der Waals surface area contributed by atoms with Gasteiger partial charge in [-0.05, 0) is 80.9 Å². The average Bonchev–Trinajstić information content (AvgIpc) is 2.69. The molecular formula is C23H33NO5S.